The van der Waals surface area contributed by atoms with Gasteiger partial charge in [0.1, 0.15) is 0 Å². The summed E-state index contributed by atoms with van der Waals surface area (Å²) < 4.78 is 39.3. The van der Waals surface area contributed by atoms with E-state index in [1.54, 1.807) is 12.1 Å². The second-order valence-corrected chi connectivity index (χ2v) is 7.35. The van der Waals surface area contributed by atoms with Gasteiger partial charge in [-0.2, -0.15) is 13.2 Å². The number of fused-ring (bicyclic) bond motifs is 2. The van der Waals surface area contributed by atoms with Gasteiger partial charge in [0.25, 0.3) is 0 Å². The van der Waals surface area contributed by atoms with E-state index in [1.807, 2.05) is 42.5 Å². The Morgan fingerprint density at radius 1 is 0.500 bits per heavy atom. The summed E-state index contributed by atoms with van der Waals surface area (Å²) in [6, 6.07) is 31.9. The molecule has 0 radical (unpaired) electrons. The summed E-state index contributed by atoms with van der Waals surface area (Å²) in [5.74, 6) is 0. The molecule has 5 rings (SSSR count). The monoisotopic (exact) mass is 398 g/mol. The number of benzene rings is 5. The zero-order valence-corrected chi connectivity index (χ0v) is 15.9. The molecule has 0 atom stereocenters. The van der Waals surface area contributed by atoms with Gasteiger partial charge in [-0.15, -0.1) is 0 Å². The summed E-state index contributed by atoms with van der Waals surface area (Å²) in [6.07, 6.45) is -4.35. The van der Waals surface area contributed by atoms with Crippen molar-refractivity contribution in [3.63, 3.8) is 0 Å². The fourth-order valence-electron chi connectivity index (χ4n) is 4.01. The van der Waals surface area contributed by atoms with Crippen molar-refractivity contribution in [2.45, 2.75) is 6.18 Å². The lowest BCUT2D eigenvalue weighted by molar-refractivity contribution is -0.137. The summed E-state index contributed by atoms with van der Waals surface area (Å²) in [6.45, 7) is 0. The minimum absolute atomic E-state index is 0.641. The number of alkyl halides is 3. The van der Waals surface area contributed by atoms with Crippen molar-refractivity contribution in [2.24, 2.45) is 0 Å². The fourth-order valence-corrected chi connectivity index (χ4v) is 4.01. The van der Waals surface area contributed by atoms with Crippen LogP contribution in [-0.2, 0) is 6.18 Å². The number of rotatable bonds is 2. The van der Waals surface area contributed by atoms with Gasteiger partial charge in [0.2, 0.25) is 0 Å². The molecule has 0 saturated heterocycles. The van der Waals surface area contributed by atoms with Gasteiger partial charge >= 0.3 is 6.18 Å². The predicted octanol–water partition coefficient (Wildman–Crippen LogP) is 8.35. The van der Waals surface area contributed by atoms with E-state index in [9.17, 15) is 13.2 Å². The van der Waals surface area contributed by atoms with Crippen LogP contribution >= 0.6 is 0 Å². The zero-order valence-electron chi connectivity index (χ0n) is 15.9. The molecule has 0 aliphatic rings. The highest BCUT2D eigenvalue weighted by atomic mass is 19.4. The van der Waals surface area contributed by atoms with Gasteiger partial charge in [-0.25, -0.2) is 0 Å². The highest BCUT2D eigenvalue weighted by Crippen LogP contribution is 2.40. The Bertz CT molecular complexity index is 1350. The van der Waals surface area contributed by atoms with Gasteiger partial charge in [0.15, 0.2) is 0 Å². The van der Waals surface area contributed by atoms with Gasteiger partial charge in [-0.3, -0.25) is 0 Å². The quantitative estimate of drug-likeness (QED) is 0.262. The van der Waals surface area contributed by atoms with E-state index in [0.29, 0.717) is 0 Å². The lowest BCUT2D eigenvalue weighted by atomic mass is 9.88. The van der Waals surface area contributed by atoms with E-state index in [4.69, 9.17) is 0 Å². The Morgan fingerprint density at radius 2 is 1.13 bits per heavy atom. The van der Waals surface area contributed by atoms with Crippen LogP contribution in [0.1, 0.15) is 5.56 Å². The maximum Gasteiger partial charge on any atom is 0.416 e. The first-order valence-corrected chi connectivity index (χ1v) is 9.69. The van der Waals surface area contributed by atoms with Crippen molar-refractivity contribution in [3.8, 4) is 22.3 Å². The molecule has 0 N–H and O–H groups in total. The molecule has 0 amide bonds. The van der Waals surface area contributed by atoms with Crippen molar-refractivity contribution >= 4 is 21.5 Å². The smallest absolute Gasteiger partial charge is 0.166 e. The maximum absolute atomic E-state index is 13.1. The van der Waals surface area contributed by atoms with Crippen molar-refractivity contribution in [3.05, 3.63) is 109 Å². The van der Waals surface area contributed by atoms with Crippen LogP contribution in [0.4, 0.5) is 13.2 Å². The molecular weight excluding hydrogens is 381 g/mol. The van der Waals surface area contributed by atoms with E-state index in [2.05, 4.69) is 36.4 Å². The molecule has 0 unspecified atom stereocenters. The van der Waals surface area contributed by atoms with Crippen LogP contribution in [0.2, 0.25) is 0 Å². The largest absolute Gasteiger partial charge is 0.416 e. The van der Waals surface area contributed by atoms with Crippen LogP contribution in [-0.4, -0.2) is 0 Å². The van der Waals surface area contributed by atoms with Gasteiger partial charge < -0.3 is 0 Å². The van der Waals surface area contributed by atoms with Crippen LogP contribution in [0.5, 0.6) is 0 Å². The minimum atomic E-state index is -4.35. The molecule has 0 aliphatic carbocycles. The summed E-state index contributed by atoms with van der Waals surface area (Å²) in [4.78, 5) is 0. The lowest BCUT2D eigenvalue weighted by Gasteiger charge is -2.16. The third-order valence-corrected chi connectivity index (χ3v) is 5.47. The minimum Gasteiger partial charge on any atom is -0.166 e. The van der Waals surface area contributed by atoms with Crippen LogP contribution in [0.15, 0.2) is 103 Å². The molecule has 0 spiro atoms. The van der Waals surface area contributed by atoms with Crippen LogP contribution in [0.25, 0.3) is 43.8 Å². The van der Waals surface area contributed by atoms with Crippen LogP contribution < -0.4 is 0 Å². The molecule has 0 saturated carbocycles. The zero-order chi connectivity index (χ0) is 20.7. The average molecular weight is 398 g/mol. The number of hydrogen-bond acceptors (Lipinski definition) is 0. The first-order valence-electron chi connectivity index (χ1n) is 9.69. The van der Waals surface area contributed by atoms with E-state index < -0.39 is 11.7 Å². The highest BCUT2D eigenvalue weighted by molar-refractivity contribution is 6.09. The van der Waals surface area contributed by atoms with Crippen molar-refractivity contribution in [2.75, 3.05) is 0 Å². The third kappa shape index (κ3) is 3.22. The molecule has 0 nitrogen and oxygen atoms in total. The predicted molar refractivity (Wildman–Crippen MR) is 117 cm³/mol. The Balaban J connectivity index is 1.83. The normalized spacial score (nSPS) is 11.8. The van der Waals surface area contributed by atoms with Crippen molar-refractivity contribution < 1.29 is 13.2 Å². The van der Waals surface area contributed by atoms with Gasteiger partial charge in [-0.05, 0) is 68.1 Å². The second kappa shape index (κ2) is 7.03. The standard InChI is InChI=1S/C27H17F3/c28-27(29,30)23-13-10-19(11-14-23)26-24(18-6-2-1-3-7-18)15-12-22-16-20-8-4-5-9-21(20)17-25(22)26/h1-17H. The van der Waals surface area contributed by atoms with Crippen LogP contribution in [0, 0.1) is 0 Å². The van der Waals surface area contributed by atoms with E-state index in [-0.39, 0.29) is 0 Å². The third-order valence-electron chi connectivity index (χ3n) is 5.47. The van der Waals surface area contributed by atoms with E-state index >= 15 is 0 Å². The molecule has 0 heterocycles. The van der Waals surface area contributed by atoms with Crippen molar-refractivity contribution in [1.29, 1.82) is 0 Å². The SMILES string of the molecule is FC(F)(F)c1ccc(-c2c(-c3ccccc3)ccc3cc4ccccc4cc23)cc1. The van der Waals surface area contributed by atoms with Crippen molar-refractivity contribution in [1.82, 2.24) is 0 Å². The Morgan fingerprint density at radius 3 is 1.80 bits per heavy atom. The van der Waals surface area contributed by atoms with Crippen LogP contribution in [0.3, 0.4) is 0 Å². The molecule has 146 valence electrons. The molecule has 0 fully saturated rings. The van der Waals surface area contributed by atoms with Gasteiger partial charge in [-0.1, -0.05) is 78.9 Å². The Kier molecular flexibility index (Phi) is 4.32. The van der Waals surface area contributed by atoms with E-state index in [0.717, 1.165) is 55.9 Å². The molecule has 0 bridgehead atoms. The molecule has 3 heteroatoms. The number of hydrogen-bond donors (Lipinski definition) is 0. The molecule has 0 aromatic heterocycles. The summed E-state index contributed by atoms with van der Waals surface area (Å²) in [7, 11) is 0. The average Bonchev–Trinajstić information content (AvgIpc) is 2.77. The molecule has 0 aliphatic heterocycles. The lowest BCUT2D eigenvalue weighted by Crippen LogP contribution is -2.04. The fraction of sp³-hybridized carbons (Fsp3) is 0.0370. The number of halogens is 3. The molecular formula is C27H17F3. The highest BCUT2D eigenvalue weighted by Gasteiger charge is 2.30. The maximum atomic E-state index is 13.1. The first-order chi connectivity index (χ1) is 14.5. The molecule has 5 aromatic rings. The first kappa shape index (κ1) is 18.4. The van der Waals surface area contributed by atoms with E-state index in [1.165, 1.54) is 0 Å². The summed E-state index contributed by atoms with van der Waals surface area (Å²) in [5.41, 5.74) is 3.10. The summed E-state index contributed by atoms with van der Waals surface area (Å²) >= 11 is 0. The topological polar surface area (TPSA) is 0 Å². The summed E-state index contributed by atoms with van der Waals surface area (Å²) in [5, 5.41) is 4.32. The second-order valence-electron chi connectivity index (χ2n) is 7.35. The molecule has 5 aromatic carbocycles. The van der Waals surface area contributed by atoms with Gasteiger partial charge in [0, 0.05) is 0 Å². The van der Waals surface area contributed by atoms with Gasteiger partial charge in [0.05, 0.1) is 5.56 Å². The Hall–Kier alpha value is -3.59. The molecule has 30 heavy (non-hydrogen) atoms. The Labute approximate surface area is 172 Å².